The van der Waals surface area contributed by atoms with E-state index in [1.54, 1.807) is 29.4 Å². The number of hydrogen-bond donors (Lipinski definition) is 0. The summed E-state index contributed by atoms with van der Waals surface area (Å²) in [6, 6.07) is 7.92. The lowest BCUT2D eigenvalue weighted by Crippen LogP contribution is -2.29. The molecular weight excluding hydrogens is 377 g/mol. The first-order chi connectivity index (χ1) is 12.8. The maximum absolute atomic E-state index is 12.9. The highest BCUT2D eigenvalue weighted by atomic mass is 32.1. The minimum absolute atomic E-state index is 0.169. The summed E-state index contributed by atoms with van der Waals surface area (Å²) in [5.41, 5.74) is 0.328. The second-order valence-electron chi connectivity index (χ2n) is 5.87. The zero-order valence-corrected chi connectivity index (χ0v) is 15.5. The van der Waals surface area contributed by atoms with Gasteiger partial charge in [-0.2, -0.15) is 18.3 Å². The van der Waals surface area contributed by atoms with Gasteiger partial charge in [-0.15, -0.1) is 11.3 Å². The summed E-state index contributed by atoms with van der Waals surface area (Å²) in [5.74, 6) is -0.169. The molecule has 0 aliphatic rings. The molecule has 0 saturated carbocycles. The van der Waals surface area contributed by atoms with Crippen LogP contribution in [0.1, 0.15) is 27.9 Å². The number of nitrogens with zero attached hydrogens (tertiary/aromatic N) is 4. The second-order valence-corrected chi connectivity index (χ2v) is 6.96. The van der Waals surface area contributed by atoms with Gasteiger partial charge in [-0.1, -0.05) is 0 Å². The molecular formula is C18H17F3N4OS. The lowest BCUT2D eigenvalue weighted by atomic mass is 10.2. The fourth-order valence-electron chi connectivity index (χ4n) is 2.64. The van der Waals surface area contributed by atoms with Crippen LogP contribution < -0.4 is 0 Å². The van der Waals surface area contributed by atoms with E-state index >= 15 is 0 Å². The van der Waals surface area contributed by atoms with Crippen molar-refractivity contribution in [1.82, 2.24) is 19.7 Å². The van der Waals surface area contributed by atoms with Crippen molar-refractivity contribution < 1.29 is 18.0 Å². The molecule has 1 amide bonds. The maximum Gasteiger partial charge on any atom is 0.433 e. The van der Waals surface area contributed by atoms with Crippen molar-refractivity contribution in [2.75, 3.05) is 6.54 Å². The predicted octanol–water partition coefficient (Wildman–Crippen LogP) is 4.22. The Kier molecular flexibility index (Phi) is 5.31. The Bertz CT molecular complexity index is 934. The monoisotopic (exact) mass is 394 g/mol. The summed E-state index contributed by atoms with van der Waals surface area (Å²) >= 11 is 1.13. The van der Waals surface area contributed by atoms with Crippen molar-refractivity contribution in [3.8, 4) is 10.6 Å². The lowest BCUT2D eigenvalue weighted by molar-refractivity contribution is -0.143. The molecule has 3 aromatic rings. The van der Waals surface area contributed by atoms with Crippen LogP contribution in [0.15, 0.2) is 42.7 Å². The Hall–Kier alpha value is -2.68. The molecule has 3 heterocycles. The number of halogens is 3. The molecule has 0 aliphatic carbocycles. The molecule has 0 aromatic carbocycles. The molecule has 0 fully saturated rings. The first-order valence-corrected chi connectivity index (χ1v) is 9.01. The minimum Gasteiger partial charge on any atom is -0.334 e. The van der Waals surface area contributed by atoms with E-state index in [2.05, 4.69) is 10.1 Å². The van der Waals surface area contributed by atoms with Crippen LogP contribution in [0, 0.1) is 0 Å². The summed E-state index contributed by atoms with van der Waals surface area (Å²) in [6.07, 6.45) is -1.15. The Morgan fingerprint density at radius 1 is 1.22 bits per heavy atom. The number of amides is 1. The third kappa shape index (κ3) is 4.19. The highest BCUT2D eigenvalue weighted by Crippen LogP contribution is 2.34. The highest BCUT2D eigenvalue weighted by molar-refractivity contribution is 7.17. The van der Waals surface area contributed by atoms with Crippen LogP contribution in [0.4, 0.5) is 13.2 Å². The van der Waals surface area contributed by atoms with Crippen LogP contribution in [0.2, 0.25) is 0 Å². The number of hydrogen-bond acceptors (Lipinski definition) is 4. The summed E-state index contributed by atoms with van der Waals surface area (Å²) < 4.78 is 39.6. The van der Waals surface area contributed by atoms with Crippen molar-refractivity contribution in [2.24, 2.45) is 7.05 Å². The van der Waals surface area contributed by atoms with Gasteiger partial charge in [-0.3, -0.25) is 14.5 Å². The zero-order valence-electron chi connectivity index (χ0n) is 14.7. The van der Waals surface area contributed by atoms with E-state index < -0.39 is 11.9 Å². The van der Waals surface area contributed by atoms with E-state index in [0.717, 1.165) is 27.6 Å². The van der Waals surface area contributed by atoms with Gasteiger partial charge < -0.3 is 4.90 Å². The third-order valence-electron chi connectivity index (χ3n) is 4.03. The van der Waals surface area contributed by atoms with Crippen molar-refractivity contribution in [3.05, 3.63) is 58.9 Å². The molecule has 3 aromatic heterocycles. The van der Waals surface area contributed by atoms with Crippen LogP contribution in [0.5, 0.6) is 0 Å². The van der Waals surface area contributed by atoms with E-state index in [1.807, 2.05) is 19.1 Å². The molecule has 0 bridgehead atoms. The number of aryl methyl sites for hydroxylation is 1. The molecule has 0 atom stereocenters. The standard InChI is InChI=1S/C18H17F3N4OS/c1-3-25(11-12-6-8-22-9-7-12)17(26)15-5-4-14(27-15)13-10-16(18(19,20)21)24(2)23-13/h4-10H,3,11H2,1-2H3. The van der Waals surface area contributed by atoms with E-state index in [1.165, 1.54) is 7.05 Å². The molecule has 0 radical (unpaired) electrons. The van der Waals surface area contributed by atoms with Gasteiger partial charge in [0, 0.05) is 32.5 Å². The van der Waals surface area contributed by atoms with Crippen LogP contribution >= 0.6 is 11.3 Å². The van der Waals surface area contributed by atoms with Crippen molar-refractivity contribution in [2.45, 2.75) is 19.6 Å². The molecule has 0 N–H and O–H groups in total. The molecule has 3 rings (SSSR count). The molecule has 0 aliphatic heterocycles. The predicted molar refractivity (Wildman–Crippen MR) is 96.2 cm³/mol. The fraction of sp³-hybridized carbons (Fsp3) is 0.278. The van der Waals surface area contributed by atoms with Gasteiger partial charge in [0.25, 0.3) is 5.91 Å². The van der Waals surface area contributed by atoms with Gasteiger partial charge in [0.15, 0.2) is 0 Å². The first kappa shape index (κ1) is 19.1. The maximum atomic E-state index is 12.9. The number of pyridine rings is 1. The third-order valence-corrected chi connectivity index (χ3v) is 5.13. The van der Waals surface area contributed by atoms with Gasteiger partial charge in [0.05, 0.1) is 9.75 Å². The summed E-state index contributed by atoms with van der Waals surface area (Å²) in [4.78, 5) is 19.4. The Labute approximate surface area is 158 Å². The molecule has 27 heavy (non-hydrogen) atoms. The number of carbonyl (C=O) groups excluding carboxylic acids is 1. The van der Waals surface area contributed by atoms with Gasteiger partial charge in [-0.25, -0.2) is 0 Å². The SMILES string of the molecule is CCN(Cc1ccncc1)C(=O)c1ccc(-c2cc(C(F)(F)F)n(C)n2)s1. The number of thiophene rings is 1. The van der Waals surface area contributed by atoms with Gasteiger partial charge >= 0.3 is 6.18 Å². The average Bonchev–Trinajstić information content (AvgIpc) is 3.26. The van der Waals surface area contributed by atoms with E-state index in [9.17, 15) is 18.0 Å². The van der Waals surface area contributed by atoms with Crippen molar-refractivity contribution >= 4 is 17.2 Å². The van der Waals surface area contributed by atoms with Crippen LogP contribution in [-0.2, 0) is 19.8 Å². The molecule has 142 valence electrons. The van der Waals surface area contributed by atoms with Gasteiger partial charge in [0.2, 0.25) is 0 Å². The highest BCUT2D eigenvalue weighted by Gasteiger charge is 2.35. The number of rotatable bonds is 5. The molecule has 9 heteroatoms. The zero-order chi connectivity index (χ0) is 19.6. The lowest BCUT2D eigenvalue weighted by Gasteiger charge is -2.20. The second kappa shape index (κ2) is 7.51. The number of alkyl halides is 3. The number of aromatic nitrogens is 3. The Morgan fingerprint density at radius 2 is 1.93 bits per heavy atom. The van der Waals surface area contributed by atoms with Crippen LogP contribution in [0.25, 0.3) is 10.6 Å². The quantitative estimate of drug-likeness (QED) is 0.651. The largest absolute Gasteiger partial charge is 0.433 e. The van der Waals surface area contributed by atoms with E-state index in [4.69, 9.17) is 0 Å². The fourth-order valence-corrected chi connectivity index (χ4v) is 3.56. The minimum atomic E-state index is -4.47. The van der Waals surface area contributed by atoms with Gasteiger partial charge in [-0.05, 0) is 42.8 Å². The number of carbonyl (C=O) groups is 1. The molecule has 0 unspecified atom stereocenters. The molecule has 5 nitrogen and oxygen atoms in total. The topological polar surface area (TPSA) is 51.0 Å². The van der Waals surface area contributed by atoms with Crippen LogP contribution in [0.3, 0.4) is 0 Å². The van der Waals surface area contributed by atoms with E-state index in [0.29, 0.717) is 22.8 Å². The molecule has 0 saturated heterocycles. The summed E-state index contributed by atoms with van der Waals surface area (Å²) in [5, 5.41) is 3.93. The van der Waals surface area contributed by atoms with Crippen molar-refractivity contribution in [3.63, 3.8) is 0 Å². The first-order valence-electron chi connectivity index (χ1n) is 8.19. The summed E-state index contributed by atoms with van der Waals surface area (Å²) in [6.45, 7) is 2.82. The van der Waals surface area contributed by atoms with E-state index in [-0.39, 0.29) is 11.6 Å². The van der Waals surface area contributed by atoms with Gasteiger partial charge in [0.1, 0.15) is 11.4 Å². The smallest absolute Gasteiger partial charge is 0.334 e. The molecule has 0 spiro atoms. The van der Waals surface area contributed by atoms with Crippen LogP contribution in [-0.4, -0.2) is 32.1 Å². The summed E-state index contributed by atoms with van der Waals surface area (Å²) in [7, 11) is 1.25. The average molecular weight is 394 g/mol. The Morgan fingerprint density at radius 3 is 2.52 bits per heavy atom. The normalized spacial score (nSPS) is 11.6. The van der Waals surface area contributed by atoms with Crippen molar-refractivity contribution in [1.29, 1.82) is 0 Å². The Balaban J connectivity index is 1.81.